The zero-order valence-corrected chi connectivity index (χ0v) is 19.2. The molecule has 0 aromatic heterocycles. The number of anilines is 2. The summed E-state index contributed by atoms with van der Waals surface area (Å²) >= 11 is 0. The third kappa shape index (κ3) is 6.92. The zero-order chi connectivity index (χ0) is 25.3. The van der Waals surface area contributed by atoms with Gasteiger partial charge in [0.1, 0.15) is 0 Å². The molecule has 8 nitrogen and oxygen atoms in total. The van der Waals surface area contributed by atoms with Crippen molar-refractivity contribution in [2.75, 3.05) is 11.5 Å². The first-order chi connectivity index (χ1) is 16.8. The van der Waals surface area contributed by atoms with Crippen molar-refractivity contribution in [3.05, 3.63) is 120 Å². The van der Waals surface area contributed by atoms with E-state index < -0.39 is 21.8 Å². The highest BCUT2D eigenvalue weighted by molar-refractivity contribution is 7.91. The largest absolute Gasteiger partial charge is 0.399 e. The Labute approximate surface area is 202 Å². The molecule has 0 spiro atoms. The molecule has 4 N–H and O–H groups in total. The van der Waals surface area contributed by atoms with Gasteiger partial charge in [0.25, 0.3) is 0 Å². The molecule has 0 heterocycles. The normalized spacial score (nSPS) is 10.4. The SMILES string of the molecule is Nc1ccc(S(=O)(=O)c2ccc(N)cc2)cc1.O=C(OOC(=O)c1ccccc1)c1ccccc1. The molecule has 178 valence electrons. The second kappa shape index (κ2) is 11.5. The van der Waals surface area contributed by atoms with E-state index >= 15 is 0 Å². The molecular weight excluding hydrogens is 468 g/mol. The van der Waals surface area contributed by atoms with E-state index in [1.54, 1.807) is 84.9 Å². The Kier molecular flexibility index (Phi) is 8.20. The van der Waals surface area contributed by atoms with Crippen molar-refractivity contribution in [3.8, 4) is 0 Å². The van der Waals surface area contributed by atoms with Gasteiger partial charge >= 0.3 is 11.9 Å². The van der Waals surface area contributed by atoms with Gasteiger partial charge < -0.3 is 11.5 Å². The third-order valence-corrected chi connectivity index (χ3v) is 6.38. The molecule has 0 aliphatic heterocycles. The molecule has 0 bridgehead atoms. The maximum absolute atomic E-state index is 12.2. The molecule has 0 saturated carbocycles. The van der Waals surface area contributed by atoms with Crippen LogP contribution in [0.5, 0.6) is 0 Å². The Morgan fingerprint density at radius 1 is 0.514 bits per heavy atom. The molecular formula is C26H22N2O6S. The first-order valence-corrected chi connectivity index (χ1v) is 11.7. The van der Waals surface area contributed by atoms with E-state index in [4.69, 9.17) is 11.5 Å². The third-order valence-electron chi connectivity index (χ3n) is 4.59. The lowest BCUT2D eigenvalue weighted by Crippen LogP contribution is -2.11. The molecule has 0 aliphatic rings. The van der Waals surface area contributed by atoms with Gasteiger partial charge in [0.2, 0.25) is 9.84 Å². The van der Waals surface area contributed by atoms with E-state index in [0.717, 1.165) is 0 Å². The van der Waals surface area contributed by atoms with Gasteiger partial charge in [-0.3, -0.25) is 0 Å². The molecule has 0 unspecified atom stereocenters. The molecule has 0 fully saturated rings. The zero-order valence-electron chi connectivity index (χ0n) is 18.4. The lowest BCUT2D eigenvalue weighted by molar-refractivity contribution is -0.187. The van der Waals surface area contributed by atoms with Gasteiger partial charge in [0.05, 0.1) is 20.9 Å². The van der Waals surface area contributed by atoms with E-state index in [2.05, 4.69) is 9.78 Å². The summed E-state index contributed by atoms with van der Waals surface area (Å²) < 4.78 is 24.3. The van der Waals surface area contributed by atoms with Gasteiger partial charge in [0.15, 0.2) is 0 Å². The van der Waals surface area contributed by atoms with Gasteiger partial charge in [-0.05, 0) is 72.8 Å². The number of benzene rings is 4. The lowest BCUT2D eigenvalue weighted by atomic mass is 10.2. The van der Waals surface area contributed by atoms with Crippen LogP contribution in [0.25, 0.3) is 0 Å². The molecule has 0 radical (unpaired) electrons. The molecule has 4 aromatic rings. The average Bonchev–Trinajstić information content (AvgIpc) is 2.89. The topological polar surface area (TPSA) is 139 Å². The van der Waals surface area contributed by atoms with Crippen LogP contribution in [0.15, 0.2) is 119 Å². The van der Waals surface area contributed by atoms with Gasteiger partial charge in [0, 0.05) is 11.4 Å². The van der Waals surface area contributed by atoms with Gasteiger partial charge in [-0.25, -0.2) is 27.8 Å². The predicted molar refractivity (Wildman–Crippen MR) is 131 cm³/mol. The van der Waals surface area contributed by atoms with Crippen LogP contribution in [0.4, 0.5) is 11.4 Å². The number of hydrogen-bond donors (Lipinski definition) is 2. The predicted octanol–water partition coefficient (Wildman–Crippen LogP) is 4.30. The minimum Gasteiger partial charge on any atom is -0.399 e. The Morgan fingerprint density at radius 3 is 1.14 bits per heavy atom. The maximum atomic E-state index is 12.2. The number of hydrogen-bond acceptors (Lipinski definition) is 8. The Bertz CT molecular complexity index is 1270. The minimum atomic E-state index is -3.48. The van der Waals surface area contributed by atoms with Crippen LogP contribution in [0.3, 0.4) is 0 Å². The molecule has 4 aromatic carbocycles. The summed E-state index contributed by atoms with van der Waals surface area (Å²) in [6, 6.07) is 28.8. The van der Waals surface area contributed by atoms with Crippen LogP contribution in [-0.4, -0.2) is 20.4 Å². The Balaban J connectivity index is 0.000000196. The number of nitrogens with two attached hydrogens (primary N) is 2. The van der Waals surface area contributed by atoms with Crippen LogP contribution >= 0.6 is 0 Å². The van der Waals surface area contributed by atoms with E-state index in [9.17, 15) is 18.0 Å². The van der Waals surface area contributed by atoms with Crippen LogP contribution < -0.4 is 11.5 Å². The van der Waals surface area contributed by atoms with Crippen LogP contribution in [0.2, 0.25) is 0 Å². The molecule has 0 atom stereocenters. The summed E-state index contributed by atoms with van der Waals surface area (Å²) in [4.78, 5) is 32.3. The van der Waals surface area contributed by atoms with Gasteiger partial charge in [-0.15, -0.1) is 0 Å². The van der Waals surface area contributed by atoms with E-state index in [1.807, 2.05) is 0 Å². The number of carbonyl (C=O) groups excluding carboxylic acids is 2. The van der Waals surface area contributed by atoms with Crippen LogP contribution in [0.1, 0.15) is 20.7 Å². The summed E-state index contributed by atoms with van der Waals surface area (Å²) in [7, 11) is -3.48. The van der Waals surface area contributed by atoms with Crippen molar-refractivity contribution in [1.29, 1.82) is 0 Å². The van der Waals surface area contributed by atoms with Crippen LogP contribution in [-0.2, 0) is 19.6 Å². The van der Waals surface area contributed by atoms with Crippen molar-refractivity contribution in [2.24, 2.45) is 0 Å². The summed E-state index contributed by atoms with van der Waals surface area (Å²) in [6.45, 7) is 0. The first-order valence-electron chi connectivity index (χ1n) is 10.3. The van der Waals surface area contributed by atoms with E-state index in [0.29, 0.717) is 22.5 Å². The molecule has 0 amide bonds. The second-order valence-corrected chi connectivity index (χ2v) is 9.06. The number of sulfone groups is 1. The van der Waals surface area contributed by atoms with Crippen LogP contribution in [0, 0.1) is 0 Å². The highest BCUT2D eigenvalue weighted by atomic mass is 32.2. The Hall–Kier alpha value is -4.63. The fraction of sp³-hybridized carbons (Fsp3) is 0. The van der Waals surface area contributed by atoms with Crippen molar-refractivity contribution in [2.45, 2.75) is 9.79 Å². The molecule has 4 rings (SSSR count). The Morgan fingerprint density at radius 2 is 0.829 bits per heavy atom. The molecule has 35 heavy (non-hydrogen) atoms. The van der Waals surface area contributed by atoms with Crippen molar-refractivity contribution >= 4 is 33.2 Å². The summed E-state index contributed by atoms with van der Waals surface area (Å²) in [5.41, 5.74) is 12.7. The maximum Gasteiger partial charge on any atom is 0.386 e. The molecule has 0 aliphatic carbocycles. The van der Waals surface area contributed by atoms with Crippen molar-refractivity contribution < 1.29 is 27.8 Å². The quantitative estimate of drug-likeness (QED) is 0.245. The number of rotatable bonds is 4. The van der Waals surface area contributed by atoms with Crippen molar-refractivity contribution in [1.82, 2.24) is 0 Å². The second-order valence-electron chi connectivity index (χ2n) is 7.12. The highest BCUT2D eigenvalue weighted by Crippen LogP contribution is 2.22. The smallest absolute Gasteiger partial charge is 0.386 e. The first kappa shape index (κ1) is 25.0. The number of carbonyl (C=O) groups is 2. The lowest BCUT2D eigenvalue weighted by Gasteiger charge is -2.05. The fourth-order valence-electron chi connectivity index (χ4n) is 2.75. The summed E-state index contributed by atoms with van der Waals surface area (Å²) in [5.74, 6) is -1.42. The molecule has 0 saturated heterocycles. The average molecular weight is 491 g/mol. The van der Waals surface area contributed by atoms with Gasteiger partial charge in [-0.2, -0.15) is 0 Å². The number of nitrogen functional groups attached to an aromatic ring is 2. The molecule has 9 heteroatoms. The minimum absolute atomic E-state index is 0.219. The monoisotopic (exact) mass is 490 g/mol. The van der Waals surface area contributed by atoms with E-state index in [1.165, 1.54) is 24.3 Å². The summed E-state index contributed by atoms with van der Waals surface area (Å²) in [5, 5.41) is 0. The van der Waals surface area contributed by atoms with Crippen molar-refractivity contribution in [3.63, 3.8) is 0 Å². The standard InChI is InChI=1S/C14H10O4.C12H12N2O2S/c15-13(11-7-3-1-4-8-11)17-18-14(16)12-9-5-2-6-10-12;13-9-1-5-11(6-2-9)17(15,16)12-7-3-10(14)4-8-12/h1-10H;1-8H,13-14H2. The summed E-state index contributed by atoms with van der Waals surface area (Å²) in [6.07, 6.45) is 0. The van der Waals surface area contributed by atoms with Gasteiger partial charge in [-0.1, -0.05) is 36.4 Å². The fourth-order valence-corrected chi connectivity index (χ4v) is 4.01. The van der Waals surface area contributed by atoms with E-state index in [-0.39, 0.29) is 9.79 Å². The highest BCUT2D eigenvalue weighted by Gasteiger charge is 2.17.